The molecule has 108 valence electrons. The number of nitrogens with zero attached hydrogens (tertiary/aromatic N) is 1. The second kappa shape index (κ2) is 5.56. The first kappa shape index (κ1) is 14.4. The molecule has 1 aromatic carbocycles. The van der Waals surface area contributed by atoms with E-state index in [1.807, 2.05) is 0 Å². The van der Waals surface area contributed by atoms with Gasteiger partial charge in [-0.3, -0.25) is 9.59 Å². The topological polar surface area (TPSA) is 57.6 Å². The summed E-state index contributed by atoms with van der Waals surface area (Å²) >= 11 is 0. The number of hydrogen-bond acceptors (Lipinski definition) is 2. The van der Waals surface area contributed by atoms with Crippen LogP contribution in [0.4, 0.5) is 8.78 Å². The molecule has 6 heteroatoms. The monoisotopic (exact) mass is 283 g/mol. The molecule has 1 fully saturated rings. The van der Waals surface area contributed by atoms with Gasteiger partial charge in [0.25, 0.3) is 0 Å². The van der Waals surface area contributed by atoms with Gasteiger partial charge in [0.05, 0.1) is 11.8 Å². The number of carboxylic acid groups (broad SMARTS) is 1. The molecule has 0 saturated heterocycles. The van der Waals surface area contributed by atoms with E-state index in [0.717, 1.165) is 12.1 Å². The predicted octanol–water partition coefficient (Wildman–Crippen LogP) is 2.03. The summed E-state index contributed by atoms with van der Waals surface area (Å²) in [4.78, 5) is 24.3. The van der Waals surface area contributed by atoms with Crippen LogP contribution < -0.4 is 0 Å². The minimum Gasteiger partial charge on any atom is -0.481 e. The highest BCUT2D eigenvalue weighted by Gasteiger charge is 2.49. The van der Waals surface area contributed by atoms with E-state index in [-0.39, 0.29) is 12.5 Å². The summed E-state index contributed by atoms with van der Waals surface area (Å²) in [6, 6.07) is 3.48. The van der Waals surface area contributed by atoms with Crippen LogP contribution in [0.2, 0.25) is 0 Å². The zero-order valence-electron chi connectivity index (χ0n) is 11.0. The third-order valence-corrected chi connectivity index (χ3v) is 3.48. The molecule has 1 aliphatic carbocycles. The van der Waals surface area contributed by atoms with Crippen LogP contribution in [0.15, 0.2) is 18.2 Å². The molecule has 0 heterocycles. The maximum absolute atomic E-state index is 13.1. The van der Waals surface area contributed by atoms with Gasteiger partial charge in [-0.2, -0.15) is 0 Å². The van der Waals surface area contributed by atoms with Crippen molar-refractivity contribution in [2.45, 2.75) is 19.9 Å². The minimum atomic E-state index is -0.966. The Hall–Kier alpha value is -1.98. The number of rotatable bonds is 5. The molecular weight excluding hydrogens is 268 g/mol. The summed E-state index contributed by atoms with van der Waals surface area (Å²) in [5, 5.41) is 8.82. The van der Waals surface area contributed by atoms with Crippen LogP contribution in [0.25, 0.3) is 0 Å². The maximum Gasteiger partial charge on any atom is 0.307 e. The normalized spacial score (nSPS) is 20.6. The second-order valence-corrected chi connectivity index (χ2v) is 4.89. The van der Waals surface area contributed by atoms with E-state index in [4.69, 9.17) is 5.11 Å². The van der Waals surface area contributed by atoms with Crippen LogP contribution in [0.3, 0.4) is 0 Å². The number of benzene rings is 1. The quantitative estimate of drug-likeness (QED) is 0.899. The number of aliphatic carboxylic acids is 1. The molecule has 20 heavy (non-hydrogen) atoms. The molecule has 1 amide bonds. The van der Waals surface area contributed by atoms with Crippen LogP contribution >= 0.6 is 0 Å². The first-order chi connectivity index (χ1) is 9.43. The second-order valence-electron chi connectivity index (χ2n) is 4.89. The van der Waals surface area contributed by atoms with Crippen LogP contribution in [0.1, 0.15) is 18.9 Å². The lowest BCUT2D eigenvalue weighted by molar-refractivity contribution is -0.142. The van der Waals surface area contributed by atoms with Gasteiger partial charge in [0, 0.05) is 13.1 Å². The molecule has 0 radical (unpaired) electrons. The van der Waals surface area contributed by atoms with Crippen molar-refractivity contribution >= 4 is 11.9 Å². The Kier molecular flexibility index (Phi) is 4.01. The fourth-order valence-electron chi connectivity index (χ4n) is 2.18. The summed E-state index contributed by atoms with van der Waals surface area (Å²) < 4.78 is 26.0. The first-order valence-corrected chi connectivity index (χ1v) is 6.39. The largest absolute Gasteiger partial charge is 0.481 e. The highest BCUT2D eigenvalue weighted by molar-refractivity contribution is 5.89. The number of carboxylic acids is 1. The van der Waals surface area contributed by atoms with Gasteiger partial charge in [-0.25, -0.2) is 8.78 Å². The Bertz CT molecular complexity index is 547. The van der Waals surface area contributed by atoms with Crippen molar-refractivity contribution in [2.24, 2.45) is 11.8 Å². The van der Waals surface area contributed by atoms with Crippen LogP contribution in [0, 0.1) is 23.5 Å². The lowest BCUT2D eigenvalue weighted by atomic mass is 10.2. The number of hydrogen-bond donors (Lipinski definition) is 1. The highest BCUT2D eigenvalue weighted by Crippen LogP contribution is 2.40. The Morgan fingerprint density at radius 1 is 1.30 bits per heavy atom. The zero-order valence-corrected chi connectivity index (χ0v) is 11.0. The molecule has 1 aliphatic rings. The van der Waals surface area contributed by atoms with Crippen LogP contribution in [-0.2, 0) is 16.1 Å². The molecule has 1 saturated carbocycles. The Balaban J connectivity index is 2.04. The smallest absolute Gasteiger partial charge is 0.307 e. The van der Waals surface area contributed by atoms with Gasteiger partial charge < -0.3 is 10.0 Å². The van der Waals surface area contributed by atoms with Crippen LogP contribution in [-0.4, -0.2) is 28.4 Å². The molecule has 2 rings (SSSR count). The first-order valence-electron chi connectivity index (χ1n) is 6.39. The van der Waals surface area contributed by atoms with E-state index in [1.165, 1.54) is 11.0 Å². The van der Waals surface area contributed by atoms with Gasteiger partial charge in [0.1, 0.15) is 0 Å². The Morgan fingerprint density at radius 2 is 2.00 bits per heavy atom. The number of carbonyl (C=O) groups is 2. The lowest BCUT2D eigenvalue weighted by Crippen LogP contribution is -2.32. The number of amides is 1. The summed E-state index contributed by atoms with van der Waals surface area (Å²) in [5.74, 6) is -4.20. The number of carbonyl (C=O) groups excluding carboxylic acids is 1. The average molecular weight is 283 g/mol. The maximum atomic E-state index is 13.1. The predicted molar refractivity (Wildman–Crippen MR) is 66.7 cm³/mol. The summed E-state index contributed by atoms with van der Waals surface area (Å²) in [7, 11) is 0. The standard InChI is InChI=1S/C14H15F2NO3/c1-2-17(13(18)9-6-10(9)14(19)20)7-8-3-4-11(15)12(16)5-8/h3-5,9-10H,2,6-7H2,1H3,(H,19,20)/t9-,10+/m1/s1. The van der Waals surface area contributed by atoms with Crippen molar-refractivity contribution in [3.63, 3.8) is 0 Å². The molecule has 0 bridgehead atoms. The lowest BCUT2D eigenvalue weighted by Gasteiger charge is -2.21. The zero-order chi connectivity index (χ0) is 14.9. The molecule has 1 N–H and O–H groups in total. The fourth-order valence-corrected chi connectivity index (χ4v) is 2.18. The van der Waals surface area contributed by atoms with Gasteiger partial charge in [-0.05, 0) is 31.0 Å². The van der Waals surface area contributed by atoms with E-state index in [1.54, 1.807) is 6.92 Å². The van der Waals surface area contributed by atoms with Gasteiger partial charge in [-0.15, -0.1) is 0 Å². The third-order valence-electron chi connectivity index (χ3n) is 3.48. The fraction of sp³-hybridized carbons (Fsp3) is 0.429. The van der Waals surface area contributed by atoms with E-state index in [2.05, 4.69) is 0 Å². The molecule has 1 aromatic rings. The molecule has 0 aromatic heterocycles. The average Bonchev–Trinajstić information content (AvgIpc) is 3.19. The van der Waals surface area contributed by atoms with E-state index in [9.17, 15) is 18.4 Å². The third kappa shape index (κ3) is 2.95. The minimum absolute atomic E-state index is 0.148. The summed E-state index contributed by atoms with van der Waals surface area (Å²) in [6.07, 6.45) is 0.350. The summed E-state index contributed by atoms with van der Waals surface area (Å²) in [5.41, 5.74) is 0.478. The summed E-state index contributed by atoms with van der Waals surface area (Å²) in [6.45, 7) is 2.30. The molecule has 2 atom stereocenters. The Labute approximate surface area is 115 Å². The van der Waals surface area contributed by atoms with Crippen molar-refractivity contribution < 1.29 is 23.5 Å². The molecular formula is C14H15F2NO3. The van der Waals surface area contributed by atoms with Crippen molar-refractivity contribution in [3.8, 4) is 0 Å². The molecule has 0 spiro atoms. The van der Waals surface area contributed by atoms with Crippen molar-refractivity contribution in [1.29, 1.82) is 0 Å². The van der Waals surface area contributed by atoms with Crippen molar-refractivity contribution in [1.82, 2.24) is 4.90 Å². The van der Waals surface area contributed by atoms with Gasteiger partial charge in [0.2, 0.25) is 5.91 Å². The SMILES string of the molecule is CCN(Cc1ccc(F)c(F)c1)C(=O)[C@@H]1C[C@@H]1C(=O)O. The van der Waals surface area contributed by atoms with Crippen molar-refractivity contribution in [2.75, 3.05) is 6.54 Å². The Morgan fingerprint density at radius 3 is 2.50 bits per heavy atom. The van der Waals surface area contributed by atoms with Gasteiger partial charge >= 0.3 is 5.97 Å². The molecule has 0 unspecified atom stereocenters. The van der Waals surface area contributed by atoms with Gasteiger partial charge in [-0.1, -0.05) is 6.07 Å². The van der Waals surface area contributed by atoms with E-state index in [0.29, 0.717) is 18.5 Å². The number of halogens is 2. The highest BCUT2D eigenvalue weighted by atomic mass is 19.2. The molecule has 0 aliphatic heterocycles. The van der Waals surface area contributed by atoms with Gasteiger partial charge in [0.15, 0.2) is 11.6 Å². The van der Waals surface area contributed by atoms with Crippen LogP contribution in [0.5, 0.6) is 0 Å². The van der Waals surface area contributed by atoms with Crippen molar-refractivity contribution in [3.05, 3.63) is 35.4 Å². The van der Waals surface area contributed by atoms with E-state index >= 15 is 0 Å². The molecule has 4 nitrogen and oxygen atoms in total. The van der Waals surface area contributed by atoms with E-state index < -0.39 is 29.4 Å².